The van der Waals surface area contributed by atoms with Crippen LogP contribution in [0.4, 0.5) is 0 Å². The fourth-order valence-corrected chi connectivity index (χ4v) is 17.4. The SMILES string of the molecule is CC1C(C)C(C)C1C.CCC(C)C1C=C(C)C(C)C(C)C1.CCN(CC)CCN(CC)CC.CCN(CC)CCN(CCN(CC)CC)CC(C)=O.Cc1ccc(-c2ccc(C)c(C)c2)cc1C.Cc1ccc(C(=O)O)cc1C.Cc1ccc(C(=O)c2ccc(C)c(C)c2)cc1C.Cc1ccc(Oc2ccc(C)c(C)c2)cc1C.Cc1ccc(S(=O)(=O)c2ccc(C)c(C)c2)cc1C. The van der Waals surface area contributed by atoms with E-state index in [2.05, 4.69) is 278 Å². The van der Waals surface area contributed by atoms with E-state index in [-0.39, 0.29) is 11.6 Å². The second-order valence-electron chi connectivity index (χ2n) is 38.2. The van der Waals surface area contributed by atoms with Crippen LogP contribution in [0.15, 0.2) is 185 Å². The van der Waals surface area contributed by atoms with Gasteiger partial charge >= 0.3 is 5.97 Å². The van der Waals surface area contributed by atoms with Crippen molar-refractivity contribution in [2.75, 3.05) is 98.2 Å². The average molecular weight is 1840 g/mol. The highest BCUT2D eigenvalue weighted by atomic mass is 32.2. The summed E-state index contributed by atoms with van der Waals surface area (Å²) in [4.78, 5) is 47.0. The lowest BCUT2D eigenvalue weighted by Crippen LogP contribution is -2.41. The maximum atomic E-state index is 12.6. The normalized spacial score (nSPS) is 16.1. The van der Waals surface area contributed by atoms with Crippen LogP contribution in [-0.4, -0.2) is 154 Å². The number of carboxylic acids is 1. The molecule has 0 saturated heterocycles. The average Bonchev–Trinajstić information content (AvgIpc) is 0.793. The van der Waals surface area contributed by atoms with Gasteiger partial charge in [0.2, 0.25) is 9.84 Å². The Morgan fingerprint density at radius 1 is 0.346 bits per heavy atom. The van der Waals surface area contributed by atoms with Crippen LogP contribution in [-0.2, 0) is 14.6 Å². The van der Waals surface area contributed by atoms with Gasteiger partial charge in [-0.05, 0) is 429 Å². The summed E-state index contributed by atoms with van der Waals surface area (Å²) in [5.41, 5.74) is 27.7. The molecule has 0 spiro atoms. The highest BCUT2D eigenvalue weighted by Gasteiger charge is 2.38. The molecule has 1 fully saturated rings. The summed E-state index contributed by atoms with van der Waals surface area (Å²) in [6, 6.07) is 53.0. The Hall–Kier alpha value is -8.92. The number of likely N-dealkylation sites (N-methyl/N-ethyl adjacent to an activating group) is 4. The number of allylic oxidation sites excluding steroid dienone is 2. The first-order chi connectivity index (χ1) is 62.6. The number of aromatic carboxylic acids is 1. The summed E-state index contributed by atoms with van der Waals surface area (Å²) in [6.45, 7) is 93.6. The molecular formula is C120H179N5O7S. The predicted molar refractivity (Wildman–Crippen MR) is 573 cm³/mol. The number of ether oxygens (including phenoxy) is 1. The Labute approximate surface area is 811 Å². The van der Waals surface area contributed by atoms with Crippen molar-refractivity contribution >= 4 is 27.4 Å². The Bertz CT molecular complexity index is 4930. The van der Waals surface area contributed by atoms with E-state index in [4.69, 9.17) is 9.84 Å². The number of sulfone groups is 1. The molecule has 0 aromatic heterocycles. The fraction of sp³-hybridized carbons (Fsp3) is 0.508. The molecule has 4 atom stereocenters. The predicted octanol–water partition coefficient (Wildman–Crippen LogP) is 29.3. The van der Waals surface area contributed by atoms with E-state index in [0.29, 0.717) is 21.9 Å². The molecule has 0 aliphatic heterocycles. The minimum Gasteiger partial charge on any atom is -0.478 e. The zero-order valence-corrected chi connectivity index (χ0v) is 90.7. The van der Waals surface area contributed by atoms with E-state index in [9.17, 15) is 22.8 Å². The summed E-state index contributed by atoms with van der Waals surface area (Å²) in [5.74, 6) is 8.59. The van der Waals surface area contributed by atoms with Gasteiger partial charge in [-0.15, -0.1) is 0 Å². The van der Waals surface area contributed by atoms with Gasteiger partial charge in [0.15, 0.2) is 5.78 Å². The van der Waals surface area contributed by atoms with E-state index in [1.54, 1.807) is 48.9 Å². The lowest BCUT2D eigenvalue weighted by molar-refractivity contribution is -0.118. The minimum atomic E-state index is -3.42. The zero-order chi connectivity index (χ0) is 100. The Morgan fingerprint density at radius 3 is 0.872 bits per heavy atom. The van der Waals surface area contributed by atoms with Crippen molar-refractivity contribution in [3.8, 4) is 22.6 Å². The largest absolute Gasteiger partial charge is 0.478 e. The van der Waals surface area contributed by atoms with Crippen molar-refractivity contribution in [1.82, 2.24) is 24.5 Å². The van der Waals surface area contributed by atoms with E-state index >= 15 is 0 Å². The molecule has 2 aliphatic carbocycles. The van der Waals surface area contributed by atoms with Crippen LogP contribution in [0.5, 0.6) is 11.5 Å². The van der Waals surface area contributed by atoms with E-state index in [0.717, 1.165) is 167 Å². The van der Waals surface area contributed by atoms with Crippen LogP contribution < -0.4 is 4.74 Å². The van der Waals surface area contributed by atoms with Gasteiger partial charge in [0, 0.05) is 50.4 Å². The number of hydrogen-bond acceptors (Lipinski definition) is 11. The third kappa shape index (κ3) is 39.7. The fourth-order valence-electron chi connectivity index (χ4n) is 15.9. The van der Waals surface area contributed by atoms with Crippen LogP contribution in [0.3, 0.4) is 0 Å². The van der Waals surface area contributed by atoms with Crippen molar-refractivity contribution in [2.24, 2.45) is 47.3 Å². The van der Waals surface area contributed by atoms with Crippen molar-refractivity contribution < 1.29 is 32.6 Å². The summed E-state index contributed by atoms with van der Waals surface area (Å²) in [5, 5.41) is 8.60. The van der Waals surface area contributed by atoms with Crippen molar-refractivity contribution in [2.45, 2.75) is 272 Å². The zero-order valence-electron chi connectivity index (χ0n) is 89.8. The number of ketones is 2. The van der Waals surface area contributed by atoms with Crippen molar-refractivity contribution in [3.63, 3.8) is 0 Å². The molecule has 9 aromatic rings. The number of benzene rings is 9. The quantitative estimate of drug-likeness (QED) is 0.0354. The van der Waals surface area contributed by atoms with Crippen LogP contribution in [0.25, 0.3) is 11.1 Å². The van der Waals surface area contributed by atoms with Gasteiger partial charge in [-0.2, -0.15) is 0 Å². The van der Waals surface area contributed by atoms with Crippen LogP contribution >= 0.6 is 0 Å². The first kappa shape index (κ1) is 118. The molecule has 133 heavy (non-hydrogen) atoms. The van der Waals surface area contributed by atoms with Gasteiger partial charge in [0.25, 0.3) is 0 Å². The molecule has 0 amide bonds. The van der Waals surface area contributed by atoms with Gasteiger partial charge in [-0.25, -0.2) is 13.2 Å². The van der Waals surface area contributed by atoms with E-state index in [1.165, 1.54) is 119 Å². The lowest BCUT2D eigenvalue weighted by Gasteiger charge is -2.45. The molecule has 13 heteroatoms. The summed E-state index contributed by atoms with van der Waals surface area (Å²) < 4.78 is 31.0. The molecule has 732 valence electrons. The number of nitrogens with zero attached hydrogens (tertiary/aromatic N) is 5. The molecule has 0 bridgehead atoms. The molecule has 1 saturated carbocycles. The monoisotopic (exact) mass is 1830 g/mol. The number of aryl methyl sites for hydroxylation is 18. The second kappa shape index (κ2) is 59.8. The van der Waals surface area contributed by atoms with Gasteiger partial charge in [0.05, 0.1) is 21.9 Å². The molecule has 0 radical (unpaired) electrons. The van der Waals surface area contributed by atoms with Crippen LogP contribution in [0, 0.1) is 172 Å². The van der Waals surface area contributed by atoms with Gasteiger partial charge in [-0.1, -0.05) is 220 Å². The number of hydrogen-bond donors (Lipinski definition) is 1. The first-order valence-corrected chi connectivity index (χ1v) is 51.2. The summed E-state index contributed by atoms with van der Waals surface area (Å²) in [7, 11) is -3.42. The number of carbonyl (C=O) groups is 3. The third-order valence-corrected chi connectivity index (χ3v) is 30.8. The second-order valence-corrected chi connectivity index (χ2v) is 40.2. The number of carboxylic acid groups (broad SMARTS) is 1. The Kier molecular flexibility index (Phi) is 53.2. The highest BCUT2D eigenvalue weighted by molar-refractivity contribution is 7.91. The van der Waals surface area contributed by atoms with Gasteiger partial charge < -0.3 is 29.4 Å². The Balaban J connectivity index is 0.000000389. The molecule has 12 nitrogen and oxygen atoms in total. The van der Waals surface area contributed by atoms with Gasteiger partial charge in [0.1, 0.15) is 17.3 Å². The number of carbonyl (C=O) groups excluding carboxylic acids is 2. The number of rotatable bonds is 29. The summed E-state index contributed by atoms with van der Waals surface area (Å²) in [6.07, 6.45) is 5.24. The standard InChI is InChI=1S/C17H18O.C16H18O2S.C16H18O.C16H18.C15H33N3O.C13H24.C10H24N2.C9H10O2.C8H16/c1-11-5-7-15(9-13(11)3)17(18)16-8-6-12(2)14(4)10-16;1-11-5-7-15(9-13(11)3)19(17,18)16-8-6-12(2)14(4)10-16;1-11-5-7-15(9-13(11)3)17-16-8-6-12(2)14(4)10-16;1-11-5-7-15(9-13(11)3)16-8-6-12(2)14(4)10-16;1-6-16(7-2)10-12-18(14-15(5)19)13-11-17(8-3)9-4;1-6-9(2)13-7-10(3)12(5)11(4)8-13;1-5-11(6-2)9-10-12(7-3)8-4;1-6-3-4-8(9(10)11)5-7(6)2;1-5-6(2)8(4)7(5)3/h5-10H,1-4H3;5-10H,1-4H3;5-10H,1-4H3;5-10H,1-4H3;6-14H2,1-5H3;7,9,11-13H,6,8H2,1-5H3;5-10H2,1-4H3;3-5H,1-2H3,(H,10,11);5-8H,1-4H3. The maximum Gasteiger partial charge on any atom is 0.335 e. The smallest absolute Gasteiger partial charge is 0.335 e. The molecule has 11 rings (SSSR count). The van der Waals surface area contributed by atoms with Crippen LogP contribution in [0.2, 0.25) is 0 Å². The maximum absolute atomic E-state index is 12.6. The van der Waals surface area contributed by atoms with Crippen LogP contribution in [0.1, 0.15) is 264 Å². The molecule has 9 aromatic carbocycles. The molecule has 1 N–H and O–H groups in total. The molecule has 4 unspecified atom stereocenters. The van der Waals surface area contributed by atoms with E-state index in [1.807, 2.05) is 122 Å². The highest BCUT2D eigenvalue weighted by Crippen LogP contribution is 2.45. The lowest BCUT2D eigenvalue weighted by atomic mass is 9.60. The topological polar surface area (TPSA) is 131 Å². The number of Topliss-reactive ketones (excluding diaryl/α,β-unsaturated/α-hetero) is 1. The Morgan fingerprint density at radius 2 is 0.609 bits per heavy atom. The van der Waals surface area contributed by atoms with Gasteiger partial charge in [-0.3, -0.25) is 14.5 Å². The molecule has 0 heterocycles. The molecule has 2 aliphatic rings. The molecular weight excluding hydrogens is 1660 g/mol. The minimum absolute atomic E-state index is 0.0983. The summed E-state index contributed by atoms with van der Waals surface area (Å²) >= 11 is 0. The first-order valence-electron chi connectivity index (χ1n) is 49.8. The van der Waals surface area contributed by atoms with Crippen molar-refractivity contribution in [3.05, 3.63) is 292 Å². The third-order valence-electron chi connectivity index (χ3n) is 29.0. The van der Waals surface area contributed by atoms with Crippen molar-refractivity contribution in [1.29, 1.82) is 0 Å². The van der Waals surface area contributed by atoms with E-state index < -0.39 is 15.8 Å².